The van der Waals surface area contributed by atoms with Gasteiger partial charge in [-0.3, -0.25) is 9.59 Å². The van der Waals surface area contributed by atoms with Gasteiger partial charge in [-0.1, -0.05) is 13.8 Å². The van der Waals surface area contributed by atoms with Crippen molar-refractivity contribution in [2.75, 3.05) is 0 Å². The average molecular weight is 221 g/mol. The Labute approximate surface area is 94.1 Å². The molecule has 0 saturated heterocycles. The highest BCUT2D eigenvalue weighted by molar-refractivity contribution is 5.99. The van der Waals surface area contributed by atoms with E-state index in [1.807, 2.05) is 0 Å². The van der Waals surface area contributed by atoms with Crippen LogP contribution in [0.1, 0.15) is 30.6 Å². The predicted molar refractivity (Wildman–Crippen MR) is 60.0 cm³/mol. The molecule has 0 aliphatic heterocycles. The maximum Gasteiger partial charge on any atom is 0.223 e. The van der Waals surface area contributed by atoms with E-state index in [9.17, 15) is 9.59 Å². The normalized spacial score (nSPS) is 11.1. The van der Waals surface area contributed by atoms with Gasteiger partial charge in [0.2, 0.25) is 5.91 Å². The van der Waals surface area contributed by atoms with Crippen molar-refractivity contribution in [3.63, 3.8) is 0 Å². The third-order valence-electron chi connectivity index (χ3n) is 2.46. The van der Waals surface area contributed by atoms with E-state index in [-0.39, 0.29) is 18.0 Å². The highest BCUT2D eigenvalue weighted by Gasteiger charge is 2.28. The van der Waals surface area contributed by atoms with Crippen molar-refractivity contribution in [3.8, 4) is 5.75 Å². The Kier molecular flexibility index (Phi) is 3.32. The first-order valence-corrected chi connectivity index (χ1v) is 4.95. The number of rotatable bonds is 4. The van der Waals surface area contributed by atoms with Gasteiger partial charge in [-0.2, -0.15) is 0 Å². The van der Waals surface area contributed by atoms with Crippen LogP contribution in [-0.2, 0) is 4.79 Å². The number of hydrogen-bond donors (Lipinski definition) is 2. The van der Waals surface area contributed by atoms with Gasteiger partial charge in [0.05, 0.1) is 5.41 Å². The molecule has 0 spiro atoms. The number of nitrogens with two attached hydrogens (primary N) is 1. The summed E-state index contributed by atoms with van der Waals surface area (Å²) < 4.78 is 0. The van der Waals surface area contributed by atoms with E-state index in [2.05, 4.69) is 0 Å². The van der Waals surface area contributed by atoms with Crippen LogP contribution in [0.25, 0.3) is 0 Å². The Morgan fingerprint density at radius 2 is 1.75 bits per heavy atom. The molecule has 0 heterocycles. The summed E-state index contributed by atoms with van der Waals surface area (Å²) in [6, 6.07) is 5.92. The van der Waals surface area contributed by atoms with Crippen LogP contribution in [0.5, 0.6) is 5.75 Å². The molecule has 1 rings (SSSR count). The lowest BCUT2D eigenvalue weighted by molar-refractivity contribution is -0.125. The molecule has 0 unspecified atom stereocenters. The van der Waals surface area contributed by atoms with Crippen molar-refractivity contribution in [2.24, 2.45) is 11.1 Å². The fourth-order valence-corrected chi connectivity index (χ4v) is 1.24. The highest BCUT2D eigenvalue weighted by atomic mass is 16.3. The lowest BCUT2D eigenvalue weighted by Crippen LogP contribution is -2.33. The zero-order valence-electron chi connectivity index (χ0n) is 9.36. The number of carbonyl (C=O) groups is 2. The second kappa shape index (κ2) is 4.35. The van der Waals surface area contributed by atoms with Crippen LogP contribution in [0.15, 0.2) is 24.3 Å². The molecule has 1 amide bonds. The van der Waals surface area contributed by atoms with Crippen molar-refractivity contribution >= 4 is 11.7 Å². The van der Waals surface area contributed by atoms with Crippen LogP contribution in [-0.4, -0.2) is 16.8 Å². The van der Waals surface area contributed by atoms with Gasteiger partial charge >= 0.3 is 0 Å². The molecule has 4 heteroatoms. The van der Waals surface area contributed by atoms with Gasteiger partial charge in [0.1, 0.15) is 5.75 Å². The van der Waals surface area contributed by atoms with Crippen LogP contribution in [0.3, 0.4) is 0 Å². The maximum absolute atomic E-state index is 11.8. The van der Waals surface area contributed by atoms with Gasteiger partial charge in [-0.05, 0) is 24.3 Å². The number of ketones is 1. The fraction of sp³-hybridized carbons (Fsp3) is 0.333. The molecule has 0 aliphatic carbocycles. The minimum atomic E-state index is -0.852. The summed E-state index contributed by atoms with van der Waals surface area (Å²) in [5.41, 5.74) is 4.80. The molecule has 0 atom stereocenters. The number of aromatic hydroxyl groups is 1. The number of amides is 1. The summed E-state index contributed by atoms with van der Waals surface area (Å²) in [6.45, 7) is 3.27. The Hall–Kier alpha value is -1.84. The first-order valence-electron chi connectivity index (χ1n) is 4.95. The molecule has 3 N–H and O–H groups in total. The third-order valence-corrected chi connectivity index (χ3v) is 2.46. The smallest absolute Gasteiger partial charge is 0.223 e. The van der Waals surface area contributed by atoms with Crippen LogP contribution in [0, 0.1) is 5.41 Å². The topological polar surface area (TPSA) is 80.4 Å². The molecule has 0 aromatic heterocycles. The zero-order valence-corrected chi connectivity index (χ0v) is 9.36. The SMILES string of the molecule is CC(C)(CC(=O)c1ccc(O)cc1)C(N)=O. The lowest BCUT2D eigenvalue weighted by atomic mass is 9.85. The molecule has 0 fully saturated rings. The minimum Gasteiger partial charge on any atom is -0.508 e. The van der Waals surface area contributed by atoms with Crippen molar-refractivity contribution in [2.45, 2.75) is 20.3 Å². The number of Topliss-reactive ketones (excluding diaryl/α,β-unsaturated/α-hetero) is 1. The van der Waals surface area contributed by atoms with Gasteiger partial charge in [-0.15, -0.1) is 0 Å². The molecule has 1 aromatic carbocycles. The summed E-state index contributed by atoms with van der Waals surface area (Å²) >= 11 is 0. The number of phenolic OH excluding ortho intramolecular Hbond substituents is 1. The Morgan fingerprint density at radius 3 is 2.19 bits per heavy atom. The summed E-state index contributed by atoms with van der Waals surface area (Å²) in [6.07, 6.45) is 0.0626. The zero-order chi connectivity index (χ0) is 12.3. The van der Waals surface area contributed by atoms with E-state index in [1.165, 1.54) is 24.3 Å². The first kappa shape index (κ1) is 12.2. The van der Waals surface area contributed by atoms with E-state index < -0.39 is 11.3 Å². The van der Waals surface area contributed by atoms with Crippen molar-refractivity contribution in [3.05, 3.63) is 29.8 Å². The largest absolute Gasteiger partial charge is 0.508 e. The highest BCUT2D eigenvalue weighted by Crippen LogP contribution is 2.22. The van der Waals surface area contributed by atoms with Gasteiger partial charge in [0, 0.05) is 12.0 Å². The molecule has 0 saturated carbocycles. The molecule has 4 nitrogen and oxygen atoms in total. The van der Waals surface area contributed by atoms with Crippen molar-refractivity contribution in [1.82, 2.24) is 0 Å². The second-order valence-electron chi connectivity index (χ2n) is 4.39. The summed E-state index contributed by atoms with van der Waals surface area (Å²) in [7, 11) is 0. The lowest BCUT2D eigenvalue weighted by Gasteiger charge is -2.19. The van der Waals surface area contributed by atoms with E-state index >= 15 is 0 Å². The van der Waals surface area contributed by atoms with Crippen LogP contribution in [0.4, 0.5) is 0 Å². The van der Waals surface area contributed by atoms with E-state index in [4.69, 9.17) is 10.8 Å². The number of hydrogen-bond acceptors (Lipinski definition) is 3. The summed E-state index contributed by atoms with van der Waals surface area (Å²) in [4.78, 5) is 22.9. The number of carbonyl (C=O) groups excluding carboxylic acids is 2. The van der Waals surface area contributed by atoms with Crippen LogP contribution < -0.4 is 5.73 Å². The molecule has 0 aliphatic rings. The van der Waals surface area contributed by atoms with Crippen LogP contribution >= 0.6 is 0 Å². The standard InChI is InChI=1S/C12H15NO3/c1-12(2,11(13)16)7-10(15)8-3-5-9(14)6-4-8/h3-6,14H,7H2,1-2H3,(H2,13,16). The van der Waals surface area contributed by atoms with Crippen molar-refractivity contribution < 1.29 is 14.7 Å². The fourth-order valence-electron chi connectivity index (χ4n) is 1.24. The molecule has 0 bridgehead atoms. The molecule has 0 radical (unpaired) electrons. The Morgan fingerprint density at radius 1 is 1.25 bits per heavy atom. The van der Waals surface area contributed by atoms with E-state index in [1.54, 1.807) is 13.8 Å². The van der Waals surface area contributed by atoms with Crippen LogP contribution in [0.2, 0.25) is 0 Å². The van der Waals surface area contributed by atoms with Gasteiger partial charge in [0.25, 0.3) is 0 Å². The number of benzene rings is 1. The average Bonchev–Trinajstić information content (AvgIpc) is 2.17. The molecule has 86 valence electrons. The van der Waals surface area contributed by atoms with E-state index in [0.717, 1.165) is 0 Å². The summed E-state index contributed by atoms with van der Waals surface area (Å²) in [5, 5.41) is 9.07. The summed E-state index contributed by atoms with van der Waals surface area (Å²) in [5.74, 6) is -0.561. The monoisotopic (exact) mass is 221 g/mol. The van der Waals surface area contributed by atoms with Gasteiger partial charge in [-0.25, -0.2) is 0 Å². The predicted octanol–water partition coefficient (Wildman–Crippen LogP) is 1.48. The molecule has 16 heavy (non-hydrogen) atoms. The van der Waals surface area contributed by atoms with Crippen molar-refractivity contribution in [1.29, 1.82) is 0 Å². The Bertz CT molecular complexity index is 407. The molecular formula is C12H15NO3. The minimum absolute atomic E-state index is 0.0626. The molecular weight excluding hydrogens is 206 g/mol. The maximum atomic E-state index is 11.8. The first-order chi connectivity index (χ1) is 7.33. The second-order valence-corrected chi connectivity index (χ2v) is 4.39. The molecule has 1 aromatic rings. The van der Waals surface area contributed by atoms with Gasteiger partial charge < -0.3 is 10.8 Å². The third kappa shape index (κ3) is 2.82. The number of phenols is 1. The van der Waals surface area contributed by atoms with Gasteiger partial charge in [0.15, 0.2) is 5.78 Å². The Balaban J connectivity index is 2.81. The number of primary amides is 1. The van der Waals surface area contributed by atoms with E-state index in [0.29, 0.717) is 5.56 Å². The quantitative estimate of drug-likeness (QED) is 0.755.